The Labute approximate surface area is 234 Å². The number of nitrogens with zero attached hydrogens (tertiary/aromatic N) is 5. The highest BCUT2D eigenvalue weighted by atomic mass is 19.4. The first-order valence-electron chi connectivity index (χ1n) is 13.1. The minimum Gasteiger partial charge on any atom is -0.493 e. The van der Waals surface area contributed by atoms with Crippen molar-refractivity contribution in [1.82, 2.24) is 19.4 Å². The second kappa shape index (κ2) is 11.6. The molecule has 1 aliphatic rings. The van der Waals surface area contributed by atoms with Crippen LogP contribution in [-0.2, 0) is 22.3 Å². The number of fused-ring (bicyclic) bond motifs is 1. The Balaban J connectivity index is 1.49. The number of carbonyl (C=O) groups excluding carboxylic acids is 2. The van der Waals surface area contributed by atoms with Gasteiger partial charge in [0.25, 0.3) is 0 Å². The standard InChI is InChI=1S/C28H31F3N6O4/c1-27(2,3)41-26(39)36-10-6-17(7-11-36)9-13-40-21-5-4-18(14-20(21)28(29,30)31)24-19-8-12-37(16-22(33)38)25(19)35-23(15-32)34-24/h4-5,8,12,14,17H,6-7,9-11,13,16H2,1-3H3,(H2,33,38). The normalized spacial score (nSPS) is 14.6. The van der Waals surface area contributed by atoms with Crippen LogP contribution in [0.2, 0.25) is 0 Å². The molecule has 0 radical (unpaired) electrons. The highest BCUT2D eigenvalue weighted by molar-refractivity contribution is 5.92. The van der Waals surface area contributed by atoms with E-state index in [-0.39, 0.29) is 53.6 Å². The van der Waals surface area contributed by atoms with Gasteiger partial charge in [-0.2, -0.15) is 18.4 Å². The zero-order chi connectivity index (χ0) is 29.9. The topological polar surface area (TPSA) is 136 Å². The van der Waals surface area contributed by atoms with E-state index in [1.165, 1.54) is 22.9 Å². The van der Waals surface area contributed by atoms with Crippen LogP contribution in [0.1, 0.15) is 51.4 Å². The van der Waals surface area contributed by atoms with Gasteiger partial charge < -0.3 is 24.7 Å². The molecule has 0 unspecified atom stereocenters. The van der Waals surface area contributed by atoms with Gasteiger partial charge in [0.05, 0.1) is 17.9 Å². The molecule has 1 saturated heterocycles. The molecule has 0 atom stereocenters. The summed E-state index contributed by atoms with van der Waals surface area (Å²) in [5.74, 6) is -1.02. The van der Waals surface area contributed by atoms with Crippen LogP contribution in [0.3, 0.4) is 0 Å². The SMILES string of the molecule is CC(C)(C)OC(=O)N1CCC(CCOc2ccc(-c3nc(C#N)nc4c3ccn4CC(N)=O)cc2C(F)(F)F)CC1. The number of primary amides is 1. The van der Waals surface area contributed by atoms with Crippen molar-refractivity contribution in [3.8, 4) is 23.1 Å². The van der Waals surface area contributed by atoms with Crippen LogP contribution in [-0.4, -0.2) is 56.7 Å². The van der Waals surface area contributed by atoms with Crippen molar-refractivity contribution in [3.05, 3.63) is 41.9 Å². The molecular weight excluding hydrogens is 541 g/mol. The van der Waals surface area contributed by atoms with Gasteiger partial charge in [-0.25, -0.2) is 14.8 Å². The minimum absolute atomic E-state index is 0.0752. The summed E-state index contributed by atoms with van der Waals surface area (Å²) in [6, 6.07) is 6.98. The van der Waals surface area contributed by atoms with Crippen LogP contribution in [0.5, 0.6) is 5.75 Å². The van der Waals surface area contributed by atoms with Crippen LogP contribution in [0, 0.1) is 17.2 Å². The summed E-state index contributed by atoms with van der Waals surface area (Å²) in [5.41, 5.74) is 4.15. The van der Waals surface area contributed by atoms with E-state index in [0.29, 0.717) is 37.7 Å². The first kappa shape index (κ1) is 29.6. The fourth-order valence-corrected chi connectivity index (χ4v) is 4.72. The summed E-state index contributed by atoms with van der Waals surface area (Å²) in [5, 5.41) is 9.76. The second-order valence-electron chi connectivity index (χ2n) is 10.9. The van der Waals surface area contributed by atoms with Gasteiger partial charge in [0, 0.05) is 30.2 Å². The molecule has 41 heavy (non-hydrogen) atoms. The molecule has 2 N–H and O–H groups in total. The van der Waals surface area contributed by atoms with E-state index in [2.05, 4.69) is 9.97 Å². The predicted octanol–water partition coefficient (Wildman–Crippen LogP) is 4.89. The van der Waals surface area contributed by atoms with Crippen molar-refractivity contribution in [2.24, 2.45) is 11.7 Å². The molecule has 1 fully saturated rings. The summed E-state index contributed by atoms with van der Waals surface area (Å²) >= 11 is 0. The zero-order valence-corrected chi connectivity index (χ0v) is 23.0. The van der Waals surface area contributed by atoms with E-state index in [0.717, 1.165) is 6.07 Å². The van der Waals surface area contributed by atoms with Gasteiger partial charge in [-0.3, -0.25) is 4.79 Å². The van der Waals surface area contributed by atoms with E-state index in [4.69, 9.17) is 15.2 Å². The molecular formula is C28H31F3N6O4. The Bertz CT molecular complexity index is 1480. The molecule has 0 spiro atoms. The third kappa shape index (κ3) is 7.25. The minimum atomic E-state index is -4.72. The summed E-state index contributed by atoms with van der Waals surface area (Å²) in [6.07, 6.45) is -1.63. The number of likely N-dealkylation sites (tertiary alicyclic amines) is 1. The van der Waals surface area contributed by atoms with Crippen molar-refractivity contribution >= 4 is 23.0 Å². The number of halogens is 3. The lowest BCUT2D eigenvalue weighted by Gasteiger charge is -2.33. The predicted molar refractivity (Wildman–Crippen MR) is 143 cm³/mol. The van der Waals surface area contributed by atoms with Crippen molar-refractivity contribution in [2.45, 2.75) is 58.4 Å². The highest BCUT2D eigenvalue weighted by Gasteiger charge is 2.35. The van der Waals surface area contributed by atoms with Gasteiger partial charge in [-0.05, 0) is 70.2 Å². The van der Waals surface area contributed by atoms with Crippen molar-refractivity contribution in [3.63, 3.8) is 0 Å². The van der Waals surface area contributed by atoms with Crippen molar-refractivity contribution in [1.29, 1.82) is 5.26 Å². The number of alkyl halides is 3. The fourth-order valence-electron chi connectivity index (χ4n) is 4.72. The van der Waals surface area contributed by atoms with Gasteiger partial charge in [-0.15, -0.1) is 0 Å². The van der Waals surface area contributed by atoms with Crippen LogP contribution in [0.15, 0.2) is 30.5 Å². The number of nitrogens with two attached hydrogens (primary N) is 1. The van der Waals surface area contributed by atoms with E-state index in [1.807, 2.05) is 0 Å². The molecule has 3 heterocycles. The number of hydrogen-bond acceptors (Lipinski definition) is 7. The maximum Gasteiger partial charge on any atom is 0.419 e. The van der Waals surface area contributed by atoms with E-state index in [9.17, 15) is 28.0 Å². The van der Waals surface area contributed by atoms with E-state index < -0.39 is 23.2 Å². The van der Waals surface area contributed by atoms with Crippen LogP contribution >= 0.6 is 0 Å². The van der Waals surface area contributed by atoms with Gasteiger partial charge in [-0.1, -0.05) is 0 Å². The maximum atomic E-state index is 14.1. The number of aromatic nitrogens is 3. The Morgan fingerprint density at radius 2 is 1.85 bits per heavy atom. The first-order chi connectivity index (χ1) is 19.2. The molecule has 0 bridgehead atoms. The Hall–Kier alpha value is -4.34. The van der Waals surface area contributed by atoms with Gasteiger partial charge in [0.2, 0.25) is 11.7 Å². The summed E-state index contributed by atoms with van der Waals surface area (Å²) in [7, 11) is 0. The molecule has 1 aliphatic heterocycles. The number of hydrogen-bond donors (Lipinski definition) is 1. The number of ether oxygens (including phenoxy) is 2. The maximum absolute atomic E-state index is 14.1. The number of benzene rings is 1. The molecule has 4 rings (SSSR count). The molecule has 218 valence electrons. The summed E-state index contributed by atoms with van der Waals surface area (Å²) in [6.45, 7) is 6.30. The van der Waals surface area contributed by atoms with Crippen LogP contribution in [0.25, 0.3) is 22.3 Å². The smallest absolute Gasteiger partial charge is 0.419 e. The number of carbonyl (C=O) groups is 2. The molecule has 2 amide bonds. The lowest BCUT2D eigenvalue weighted by molar-refractivity contribution is -0.139. The lowest BCUT2D eigenvalue weighted by Crippen LogP contribution is -2.41. The second-order valence-corrected chi connectivity index (χ2v) is 10.9. The Kier molecular flexibility index (Phi) is 8.42. The zero-order valence-electron chi connectivity index (χ0n) is 23.0. The van der Waals surface area contributed by atoms with Gasteiger partial charge in [0.15, 0.2) is 0 Å². The average molecular weight is 573 g/mol. The van der Waals surface area contributed by atoms with Crippen molar-refractivity contribution < 1.29 is 32.2 Å². The van der Waals surface area contributed by atoms with E-state index in [1.54, 1.807) is 37.8 Å². The highest BCUT2D eigenvalue weighted by Crippen LogP contribution is 2.40. The molecule has 1 aromatic carbocycles. The molecule has 2 aromatic heterocycles. The third-order valence-electron chi connectivity index (χ3n) is 6.65. The molecule has 0 aliphatic carbocycles. The van der Waals surface area contributed by atoms with Crippen LogP contribution < -0.4 is 10.5 Å². The fraction of sp³-hybridized carbons (Fsp3) is 0.464. The molecule has 13 heteroatoms. The Morgan fingerprint density at radius 1 is 1.15 bits per heavy atom. The van der Waals surface area contributed by atoms with Crippen molar-refractivity contribution in [2.75, 3.05) is 19.7 Å². The summed E-state index contributed by atoms with van der Waals surface area (Å²) < 4.78 is 54.7. The van der Waals surface area contributed by atoms with E-state index >= 15 is 0 Å². The monoisotopic (exact) mass is 572 g/mol. The molecule has 3 aromatic rings. The lowest BCUT2D eigenvalue weighted by atomic mass is 9.94. The number of piperidine rings is 1. The average Bonchev–Trinajstić information content (AvgIpc) is 3.29. The first-order valence-corrected chi connectivity index (χ1v) is 13.1. The Morgan fingerprint density at radius 3 is 2.46 bits per heavy atom. The number of amides is 2. The van der Waals surface area contributed by atoms with Gasteiger partial charge in [0.1, 0.15) is 29.6 Å². The van der Waals surface area contributed by atoms with Gasteiger partial charge >= 0.3 is 12.3 Å². The largest absolute Gasteiger partial charge is 0.493 e. The molecule has 10 nitrogen and oxygen atoms in total. The van der Waals surface area contributed by atoms with Crippen LogP contribution in [0.4, 0.5) is 18.0 Å². The number of nitriles is 1. The molecule has 0 saturated carbocycles. The quantitative estimate of drug-likeness (QED) is 0.426. The number of rotatable bonds is 7. The third-order valence-corrected chi connectivity index (χ3v) is 6.65. The summed E-state index contributed by atoms with van der Waals surface area (Å²) in [4.78, 5) is 33.6.